The number of aryl methyl sites for hydroxylation is 2. The molecule has 0 heterocycles. The molecule has 4 heteroatoms. The maximum Gasteiger partial charge on any atom is 0.226 e. The highest BCUT2D eigenvalue weighted by Crippen LogP contribution is 2.22. The fourth-order valence-corrected chi connectivity index (χ4v) is 2.37. The van der Waals surface area contributed by atoms with Crippen molar-refractivity contribution < 1.29 is 9.59 Å². The monoisotopic (exact) mass is 302 g/mol. The first-order chi connectivity index (χ1) is 10.5. The van der Waals surface area contributed by atoms with Gasteiger partial charge in [-0.3, -0.25) is 9.59 Å². The van der Waals surface area contributed by atoms with Crippen molar-refractivity contribution in [3.8, 4) is 0 Å². The van der Waals surface area contributed by atoms with Gasteiger partial charge in [0.25, 0.3) is 0 Å². The lowest BCUT2D eigenvalue weighted by atomic mass is 10.0. The van der Waals surface area contributed by atoms with Crippen LogP contribution in [0.3, 0.4) is 0 Å². The highest BCUT2D eigenvalue weighted by molar-refractivity contribution is 5.92. The Kier molecular flexibility index (Phi) is 7.37. The zero-order valence-corrected chi connectivity index (χ0v) is 13.8. The molecule has 0 saturated heterocycles. The molecule has 0 bridgehead atoms. The van der Waals surface area contributed by atoms with Gasteiger partial charge in [0, 0.05) is 32.1 Å². The minimum absolute atomic E-state index is 0.0455. The first-order valence-corrected chi connectivity index (χ1v) is 7.80. The minimum Gasteiger partial charge on any atom is -0.339 e. The molecule has 0 aliphatic carbocycles. The lowest BCUT2D eigenvalue weighted by Crippen LogP contribution is -2.32. The number of anilines is 1. The van der Waals surface area contributed by atoms with Crippen molar-refractivity contribution in [2.24, 2.45) is 0 Å². The van der Waals surface area contributed by atoms with E-state index in [0.717, 1.165) is 29.7 Å². The summed E-state index contributed by atoms with van der Waals surface area (Å²) >= 11 is 0. The van der Waals surface area contributed by atoms with E-state index >= 15 is 0 Å². The fourth-order valence-electron chi connectivity index (χ4n) is 2.37. The van der Waals surface area contributed by atoms with Crippen LogP contribution in [0.2, 0.25) is 0 Å². The molecule has 2 amide bonds. The summed E-state index contributed by atoms with van der Waals surface area (Å²) in [5.41, 5.74) is 3.21. The molecule has 0 fully saturated rings. The van der Waals surface area contributed by atoms with Crippen LogP contribution in [0.1, 0.15) is 38.3 Å². The number of rotatable bonds is 8. The van der Waals surface area contributed by atoms with E-state index in [1.165, 1.54) is 6.92 Å². The number of benzene rings is 1. The van der Waals surface area contributed by atoms with Crippen molar-refractivity contribution in [3.05, 3.63) is 42.0 Å². The van der Waals surface area contributed by atoms with Crippen molar-refractivity contribution >= 4 is 17.5 Å². The first-order valence-electron chi connectivity index (χ1n) is 7.80. The summed E-state index contributed by atoms with van der Waals surface area (Å²) < 4.78 is 0. The topological polar surface area (TPSA) is 49.4 Å². The molecule has 1 N–H and O–H groups in total. The van der Waals surface area contributed by atoms with E-state index in [4.69, 9.17) is 0 Å². The summed E-state index contributed by atoms with van der Waals surface area (Å²) in [6.07, 6.45) is 3.70. The quantitative estimate of drug-likeness (QED) is 0.750. The Balaban J connectivity index is 2.73. The molecule has 0 aliphatic heterocycles. The summed E-state index contributed by atoms with van der Waals surface area (Å²) in [4.78, 5) is 25.3. The van der Waals surface area contributed by atoms with Crippen LogP contribution in [0.4, 0.5) is 5.69 Å². The van der Waals surface area contributed by atoms with Gasteiger partial charge in [-0.05, 0) is 24.0 Å². The Bertz CT molecular complexity index is 516. The maximum atomic E-state index is 12.2. The zero-order valence-electron chi connectivity index (χ0n) is 13.8. The van der Waals surface area contributed by atoms with Gasteiger partial charge in [0.05, 0.1) is 0 Å². The number of hydrogen-bond donors (Lipinski definition) is 1. The molecule has 0 aromatic heterocycles. The number of hydrogen-bond acceptors (Lipinski definition) is 2. The highest BCUT2D eigenvalue weighted by Gasteiger charge is 2.12. The Morgan fingerprint density at radius 1 is 1.23 bits per heavy atom. The van der Waals surface area contributed by atoms with Gasteiger partial charge in [-0.1, -0.05) is 38.1 Å². The predicted molar refractivity (Wildman–Crippen MR) is 90.9 cm³/mol. The van der Waals surface area contributed by atoms with Crippen molar-refractivity contribution in [1.29, 1.82) is 0 Å². The van der Waals surface area contributed by atoms with Gasteiger partial charge in [0.1, 0.15) is 0 Å². The van der Waals surface area contributed by atoms with Crippen LogP contribution >= 0.6 is 0 Å². The third-order valence-corrected chi connectivity index (χ3v) is 3.67. The van der Waals surface area contributed by atoms with E-state index in [2.05, 4.69) is 25.7 Å². The molecule has 0 atom stereocenters. The Morgan fingerprint density at radius 3 is 2.27 bits per heavy atom. The largest absolute Gasteiger partial charge is 0.339 e. The highest BCUT2D eigenvalue weighted by atomic mass is 16.2. The van der Waals surface area contributed by atoms with Crippen LogP contribution in [0.15, 0.2) is 30.9 Å². The van der Waals surface area contributed by atoms with E-state index in [1.807, 2.05) is 18.2 Å². The molecule has 120 valence electrons. The average molecular weight is 302 g/mol. The lowest BCUT2D eigenvalue weighted by Gasteiger charge is -2.19. The minimum atomic E-state index is -0.0640. The second-order valence-electron chi connectivity index (χ2n) is 5.21. The third kappa shape index (κ3) is 5.02. The van der Waals surface area contributed by atoms with Crippen LogP contribution < -0.4 is 5.32 Å². The van der Waals surface area contributed by atoms with Crippen molar-refractivity contribution in [3.63, 3.8) is 0 Å². The van der Waals surface area contributed by atoms with Crippen molar-refractivity contribution in [2.75, 3.05) is 18.4 Å². The van der Waals surface area contributed by atoms with Gasteiger partial charge in [0.2, 0.25) is 11.8 Å². The number of nitrogens with one attached hydrogen (secondary N) is 1. The van der Waals surface area contributed by atoms with Crippen molar-refractivity contribution in [2.45, 2.75) is 40.0 Å². The summed E-state index contributed by atoms with van der Waals surface area (Å²) in [5, 5.41) is 3.01. The lowest BCUT2D eigenvalue weighted by molar-refractivity contribution is -0.128. The van der Waals surface area contributed by atoms with E-state index in [9.17, 15) is 9.59 Å². The number of nitrogens with zero attached hydrogens (tertiary/aromatic N) is 1. The van der Waals surface area contributed by atoms with Gasteiger partial charge in [-0.2, -0.15) is 0 Å². The number of carbonyl (C=O) groups is 2. The normalized spacial score (nSPS) is 10.1. The van der Waals surface area contributed by atoms with Gasteiger partial charge in [-0.25, -0.2) is 0 Å². The smallest absolute Gasteiger partial charge is 0.226 e. The molecule has 0 unspecified atom stereocenters. The van der Waals surface area contributed by atoms with E-state index in [-0.39, 0.29) is 18.2 Å². The maximum absolute atomic E-state index is 12.2. The Labute approximate surface area is 133 Å². The van der Waals surface area contributed by atoms with E-state index < -0.39 is 0 Å². The number of para-hydroxylation sites is 1. The molecule has 0 spiro atoms. The standard InChI is InChI=1S/C18H26N2O2/c1-5-12-20(14(4)21)13-11-17(22)19-18-15(6-2)9-8-10-16(18)7-3/h5,8-10H,1,6-7,11-13H2,2-4H3,(H,19,22). The summed E-state index contributed by atoms with van der Waals surface area (Å²) in [7, 11) is 0. The van der Waals surface area contributed by atoms with Crippen LogP contribution in [-0.2, 0) is 22.4 Å². The summed E-state index contributed by atoms with van der Waals surface area (Å²) in [5.74, 6) is -0.109. The van der Waals surface area contributed by atoms with Gasteiger partial charge < -0.3 is 10.2 Å². The van der Waals surface area contributed by atoms with Crippen LogP contribution in [-0.4, -0.2) is 29.8 Å². The molecule has 1 rings (SSSR count). The molecular formula is C18H26N2O2. The first kappa shape index (κ1) is 18.0. The molecule has 4 nitrogen and oxygen atoms in total. The molecule has 0 aliphatic rings. The van der Waals surface area contributed by atoms with Crippen LogP contribution in [0.5, 0.6) is 0 Å². The molecular weight excluding hydrogens is 276 g/mol. The zero-order chi connectivity index (χ0) is 16.5. The fraction of sp³-hybridized carbons (Fsp3) is 0.444. The van der Waals surface area contributed by atoms with Crippen LogP contribution in [0.25, 0.3) is 0 Å². The Hall–Kier alpha value is -2.10. The average Bonchev–Trinajstić information content (AvgIpc) is 2.51. The molecule has 0 saturated carbocycles. The van der Waals surface area contributed by atoms with Gasteiger partial charge in [0.15, 0.2) is 0 Å². The van der Waals surface area contributed by atoms with Gasteiger partial charge in [-0.15, -0.1) is 6.58 Å². The van der Waals surface area contributed by atoms with Gasteiger partial charge >= 0.3 is 0 Å². The Morgan fingerprint density at radius 2 is 1.82 bits per heavy atom. The molecule has 1 aromatic carbocycles. The summed E-state index contributed by atoms with van der Waals surface area (Å²) in [6.45, 7) is 10.2. The molecule has 1 aromatic rings. The third-order valence-electron chi connectivity index (χ3n) is 3.67. The second kappa shape index (κ2) is 9.03. The van der Waals surface area contributed by atoms with Crippen LogP contribution in [0, 0.1) is 0 Å². The number of amides is 2. The summed E-state index contributed by atoms with van der Waals surface area (Å²) in [6, 6.07) is 6.09. The van der Waals surface area contributed by atoms with Crippen molar-refractivity contribution in [1.82, 2.24) is 4.90 Å². The predicted octanol–water partition coefficient (Wildman–Crippen LogP) is 3.17. The molecule has 0 radical (unpaired) electrons. The number of carbonyl (C=O) groups excluding carboxylic acids is 2. The van der Waals surface area contributed by atoms with E-state index in [0.29, 0.717) is 13.1 Å². The molecule has 22 heavy (non-hydrogen) atoms. The second-order valence-corrected chi connectivity index (χ2v) is 5.21. The van der Waals surface area contributed by atoms with E-state index in [1.54, 1.807) is 11.0 Å². The SMILES string of the molecule is C=CCN(CCC(=O)Nc1c(CC)cccc1CC)C(C)=O.